The lowest BCUT2D eigenvalue weighted by molar-refractivity contribution is -0.133. The van der Waals surface area contributed by atoms with Crippen LogP contribution in [-0.4, -0.2) is 11.7 Å². The lowest BCUT2D eigenvalue weighted by atomic mass is 10.2. The number of halogens is 1. The van der Waals surface area contributed by atoms with Crippen molar-refractivity contribution in [3.8, 4) is 0 Å². The first kappa shape index (κ1) is 10.4. The molecule has 3 nitrogen and oxygen atoms in total. The van der Waals surface area contributed by atoms with Gasteiger partial charge in [0.05, 0.1) is 0 Å². The molecule has 0 aromatic heterocycles. The molecule has 0 bridgehead atoms. The molecule has 1 aromatic rings. The van der Waals surface area contributed by atoms with E-state index in [2.05, 4.69) is 5.32 Å². The smallest absolute Gasteiger partial charge is 0.291 e. The Morgan fingerprint density at radius 3 is 2.50 bits per heavy atom. The molecular formula is C10H10FNO2. The average molecular weight is 195 g/mol. The molecule has 1 rings (SSSR count). The van der Waals surface area contributed by atoms with E-state index < -0.39 is 17.5 Å². The van der Waals surface area contributed by atoms with Crippen LogP contribution >= 0.6 is 0 Å². The summed E-state index contributed by atoms with van der Waals surface area (Å²) in [5.41, 5.74) is 0.777. The van der Waals surface area contributed by atoms with Crippen LogP contribution in [0, 0.1) is 12.7 Å². The van der Waals surface area contributed by atoms with Crippen molar-refractivity contribution in [3.63, 3.8) is 0 Å². The third kappa shape index (κ3) is 2.39. The molecule has 0 heterocycles. The zero-order valence-corrected chi connectivity index (χ0v) is 7.93. The van der Waals surface area contributed by atoms with Gasteiger partial charge in [-0.3, -0.25) is 9.59 Å². The number of nitrogens with one attached hydrogen (secondary N) is 1. The Morgan fingerprint density at radius 1 is 1.36 bits per heavy atom. The van der Waals surface area contributed by atoms with Gasteiger partial charge in [0.1, 0.15) is 5.82 Å². The molecule has 0 aliphatic carbocycles. The van der Waals surface area contributed by atoms with E-state index in [0.717, 1.165) is 6.92 Å². The molecule has 0 aliphatic rings. The Balaban J connectivity index is 2.83. The number of aryl methyl sites for hydroxylation is 1. The first-order valence-electron chi connectivity index (χ1n) is 4.09. The van der Waals surface area contributed by atoms with Crippen molar-refractivity contribution < 1.29 is 14.0 Å². The van der Waals surface area contributed by atoms with Crippen molar-refractivity contribution in [2.45, 2.75) is 13.8 Å². The molecule has 1 N–H and O–H groups in total. The molecular weight excluding hydrogens is 185 g/mol. The summed E-state index contributed by atoms with van der Waals surface area (Å²) >= 11 is 0. The summed E-state index contributed by atoms with van der Waals surface area (Å²) in [7, 11) is 0. The number of carbonyl (C=O) groups excluding carboxylic acids is 2. The lowest BCUT2D eigenvalue weighted by Gasteiger charge is -2.03. The van der Waals surface area contributed by atoms with Crippen LogP contribution in [0.15, 0.2) is 18.2 Å². The highest BCUT2D eigenvalue weighted by atomic mass is 19.1. The van der Waals surface area contributed by atoms with E-state index in [9.17, 15) is 14.0 Å². The lowest BCUT2D eigenvalue weighted by Crippen LogP contribution is -2.19. The zero-order chi connectivity index (χ0) is 10.7. The molecule has 0 fully saturated rings. The van der Waals surface area contributed by atoms with E-state index in [0.29, 0.717) is 5.56 Å². The first-order chi connectivity index (χ1) is 6.50. The number of ketones is 1. The number of hydrogen-bond acceptors (Lipinski definition) is 2. The van der Waals surface area contributed by atoms with Crippen LogP contribution < -0.4 is 5.32 Å². The summed E-state index contributed by atoms with van der Waals surface area (Å²) in [6.07, 6.45) is 0. The molecule has 0 unspecified atom stereocenters. The molecule has 14 heavy (non-hydrogen) atoms. The van der Waals surface area contributed by atoms with E-state index >= 15 is 0 Å². The summed E-state index contributed by atoms with van der Waals surface area (Å²) < 4.78 is 13.0. The average Bonchev–Trinajstić information content (AvgIpc) is 2.11. The third-order valence-electron chi connectivity index (χ3n) is 1.75. The monoisotopic (exact) mass is 195 g/mol. The van der Waals surface area contributed by atoms with Crippen molar-refractivity contribution in [2.24, 2.45) is 0 Å². The van der Waals surface area contributed by atoms with E-state index in [-0.39, 0.29) is 5.69 Å². The minimum atomic E-state index is -0.742. The largest absolute Gasteiger partial charge is 0.319 e. The quantitative estimate of drug-likeness (QED) is 0.729. The highest BCUT2D eigenvalue weighted by Crippen LogP contribution is 2.13. The van der Waals surface area contributed by atoms with Crippen molar-refractivity contribution in [3.05, 3.63) is 29.6 Å². The first-order valence-corrected chi connectivity index (χ1v) is 4.09. The molecule has 0 radical (unpaired) electrons. The van der Waals surface area contributed by atoms with Crippen LogP contribution in [0.4, 0.5) is 10.1 Å². The van der Waals surface area contributed by atoms with Gasteiger partial charge in [-0.2, -0.15) is 0 Å². The Kier molecular flexibility index (Phi) is 2.96. The minimum absolute atomic E-state index is 0.285. The fraction of sp³-hybridized carbons (Fsp3) is 0.200. The van der Waals surface area contributed by atoms with Crippen LogP contribution in [0.2, 0.25) is 0 Å². The molecule has 0 aliphatic heterocycles. The maximum Gasteiger partial charge on any atom is 0.291 e. The Bertz CT molecular complexity index is 388. The van der Waals surface area contributed by atoms with Gasteiger partial charge in [0, 0.05) is 12.6 Å². The fourth-order valence-corrected chi connectivity index (χ4v) is 0.890. The van der Waals surface area contributed by atoms with E-state index in [1.807, 2.05) is 0 Å². The molecule has 0 spiro atoms. The van der Waals surface area contributed by atoms with Gasteiger partial charge in [-0.25, -0.2) is 4.39 Å². The number of hydrogen-bond donors (Lipinski definition) is 1. The minimum Gasteiger partial charge on any atom is -0.319 e. The standard InChI is InChI=1S/C10H10FNO2/c1-6-3-4-8(5-9(6)11)12-10(14)7(2)13/h3-5H,1-2H3,(H,12,14). The summed E-state index contributed by atoms with van der Waals surface area (Å²) in [5.74, 6) is -1.76. The second-order valence-electron chi connectivity index (χ2n) is 2.97. The number of Topliss-reactive ketones (excluding diaryl/α,β-unsaturated/α-hetero) is 1. The highest BCUT2D eigenvalue weighted by molar-refractivity contribution is 6.39. The second kappa shape index (κ2) is 4.00. The zero-order valence-electron chi connectivity index (χ0n) is 7.93. The van der Waals surface area contributed by atoms with Crippen molar-refractivity contribution in [1.29, 1.82) is 0 Å². The fourth-order valence-electron chi connectivity index (χ4n) is 0.890. The molecule has 4 heteroatoms. The van der Waals surface area contributed by atoms with Gasteiger partial charge < -0.3 is 5.32 Å². The van der Waals surface area contributed by atoms with Crippen LogP contribution in [0.1, 0.15) is 12.5 Å². The van der Waals surface area contributed by atoms with E-state index in [1.165, 1.54) is 12.1 Å². The highest BCUT2D eigenvalue weighted by Gasteiger charge is 2.08. The number of anilines is 1. The van der Waals surface area contributed by atoms with Crippen LogP contribution in [0.3, 0.4) is 0 Å². The van der Waals surface area contributed by atoms with Gasteiger partial charge in [0.2, 0.25) is 5.78 Å². The predicted molar refractivity (Wildman–Crippen MR) is 50.4 cm³/mol. The number of amides is 1. The maximum atomic E-state index is 13.0. The molecule has 74 valence electrons. The van der Waals surface area contributed by atoms with E-state index in [4.69, 9.17) is 0 Å². The van der Waals surface area contributed by atoms with Gasteiger partial charge in [0.25, 0.3) is 5.91 Å². The van der Waals surface area contributed by atoms with Crippen molar-refractivity contribution >= 4 is 17.4 Å². The summed E-state index contributed by atoms with van der Waals surface area (Å²) in [6, 6.07) is 4.25. The van der Waals surface area contributed by atoms with Gasteiger partial charge in [-0.15, -0.1) is 0 Å². The number of carbonyl (C=O) groups is 2. The third-order valence-corrected chi connectivity index (χ3v) is 1.75. The predicted octanol–water partition coefficient (Wildman–Crippen LogP) is 1.66. The summed E-state index contributed by atoms with van der Waals surface area (Å²) in [4.78, 5) is 21.5. The number of rotatable bonds is 2. The molecule has 1 amide bonds. The number of benzene rings is 1. The van der Waals surface area contributed by atoms with Gasteiger partial charge in [0.15, 0.2) is 0 Å². The maximum absolute atomic E-state index is 13.0. The molecule has 0 atom stereocenters. The second-order valence-corrected chi connectivity index (χ2v) is 2.97. The van der Waals surface area contributed by atoms with Gasteiger partial charge >= 0.3 is 0 Å². The van der Waals surface area contributed by atoms with Crippen LogP contribution in [-0.2, 0) is 9.59 Å². The van der Waals surface area contributed by atoms with E-state index in [1.54, 1.807) is 13.0 Å². The SMILES string of the molecule is CC(=O)C(=O)Nc1ccc(C)c(F)c1. The molecule has 0 saturated carbocycles. The van der Waals surface area contributed by atoms with Gasteiger partial charge in [-0.1, -0.05) is 6.07 Å². The van der Waals surface area contributed by atoms with Crippen LogP contribution in [0.5, 0.6) is 0 Å². The van der Waals surface area contributed by atoms with Crippen molar-refractivity contribution in [1.82, 2.24) is 0 Å². The van der Waals surface area contributed by atoms with Gasteiger partial charge in [-0.05, 0) is 24.6 Å². The topological polar surface area (TPSA) is 46.2 Å². The summed E-state index contributed by atoms with van der Waals surface area (Å²) in [5, 5.41) is 2.28. The Labute approximate surface area is 80.9 Å². The normalized spacial score (nSPS) is 9.64. The summed E-state index contributed by atoms with van der Waals surface area (Å²) in [6.45, 7) is 2.77. The molecule has 1 aromatic carbocycles. The Hall–Kier alpha value is -1.71. The molecule has 0 saturated heterocycles. The van der Waals surface area contributed by atoms with Crippen molar-refractivity contribution in [2.75, 3.05) is 5.32 Å². The van der Waals surface area contributed by atoms with Crippen LogP contribution in [0.25, 0.3) is 0 Å². The Morgan fingerprint density at radius 2 is 2.00 bits per heavy atom.